The molecule has 0 atom stereocenters. The van der Waals surface area contributed by atoms with Gasteiger partial charge in [0.05, 0.1) is 0 Å². The molecule has 0 unspecified atom stereocenters. The van der Waals surface area contributed by atoms with Crippen molar-refractivity contribution in [3.05, 3.63) is 101 Å². The van der Waals surface area contributed by atoms with Crippen LogP contribution in [0.4, 0.5) is 0 Å². The fourth-order valence-electron chi connectivity index (χ4n) is 2.63. The maximum atomic E-state index is 12.4. The highest BCUT2D eigenvalue weighted by atomic mass is 16.5. The van der Waals surface area contributed by atoms with E-state index in [4.69, 9.17) is 4.74 Å². The fourth-order valence-corrected chi connectivity index (χ4v) is 2.63. The van der Waals surface area contributed by atoms with E-state index in [1.807, 2.05) is 30.3 Å². The van der Waals surface area contributed by atoms with E-state index < -0.39 is 0 Å². The van der Waals surface area contributed by atoms with E-state index in [1.165, 1.54) is 0 Å². The van der Waals surface area contributed by atoms with Gasteiger partial charge in [-0.2, -0.15) is 0 Å². The van der Waals surface area contributed by atoms with Crippen LogP contribution in [0.3, 0.4) is 0 Å². The van der Waals surface area contributed by atoms with Gasteiger partial charge >= 0.3 is 0 Å². The van der Waals surface area contributed by atoms with E-state index in [9.17, 15) is 9.59 Å². The Bertz CT molecular complexity index is 914. The average molecular weight is 359 g/mol. The summed E-state index contributed by atoms with van der Waals surface area (Å²) in [7, 11) is 3.46. The Morgan fingerprint density at radius 2 is 1.30 bits per heavy atom. The van der Waals surface area contributed by atoms with Crippen molar-refractivity contribution in [2.75, 3.05) is 14.1 Å². The van der Waals surface area contributed by atoms with Crippen molar-refractivity contribution in [2.45, 2.75) is 6.61 Å². The third kappa shape index (κ3) is 4.61. The summed E-state index contributed by atoms with van der Waals surface area (Å²) in [4.78, 5) is 25.8. The van der Waals surface area contributed by atoms with E-state index in [0.717, 1.165) is 5.56 Å². The first kappa shape index (κ1) is 18.4. The number of carbonyl (C=O) groups is 2. The minimum Gasteiger partial charge on any atom is -0.489 e. The van der Waals surface area contributed by atoms with Gasteiger partial charge in [0, 0.05) is 30.8 Å². The molecule has 136 valence electrons. The number of rotatable bonds is 6. The van der Waals surface area contributed by atoms with Gasteiger partial charge in [0.15, 0.2) is 5.78 Å². The maximum Gasteiger partial charge on any atom is 0.253 e. The molecule has 0 aliphatic rings. The third-order valence-electron chi connectivity index (χ3n) is 4.17. The lowest BCUT2D eigenvalue weighted by Gasteiger charge is -2.11. The molecule has 0 fully saturated rings. The predicted octanol–water partition coefficient (Wildman–Crippen LogP) is 4.20. The molecule has 3 aromatic carbocycles. The number of amides is 1. The highest BCUT2D eigenvalue weighted by Gasteiger charge is 2.09. The van der Waals surface area contributed by atoms with E-state index in [2.05, 4.69) is 0 Å². The molecule has 3 aromatic rings. The van der Waals surface area contributed by atoms with E-state index >= 15 is 0 Å². The number of benzene rings is 3. The van der Waals surface area contributed by atoms with Gasteiger partial charge < -0.3 is 9.64 Å². The van der Waals surface area contributed by atoms with Crippen molar-refractivity contribution in [3.8, 4) is 5.75 Å². The van der Waals surface area contributed by atoms with Crippen LogP contribution in [0.2, 0.25) is 0 Å². The van der Waals surface area contributed by atoms with Gasteiger partial charge in [-0.05, 0) is 42.0 Å². The van der Waals surface area contributed by atoms with Gasteiger partial charge in [-0.25, -0.2) is 0 Å². The molecule has 0 aliphatic heterocycles. The molecule has 3 rings (SSSR count). The molecular formula is C23H21NO3. The second-order valence-corrected chi connectivity index (χ2v) is 6.40. The Morgan fingerprint density at radius 3 is 1.89 bits per heavy atom. The standard InChI is InChI=1S/C23H21NO3/c1-24(2)23(26)20-10-8-17(9-11-20)16-27-21-14-12-19(13-15-21)22(25)18-6-4-3-5-7-18/h3-15H,16H2,1-2H3. The van der Waals surface area contributed by atoms with Crippen LogP contribution in [0.1, 0.15) is 31.8 Å². The van der Waals surface area contributed by atoms with Crippen LogP contribution in [0.5, 0.6) is 5.75 Å². The molecule has 0 aromatic heterocycles. The van der Waals surface area contributed by atoms with Gasteiger partial charge in [-0.1, -0.05) is 42.5 Å². The molecule has 0 bridgehead atoms. The highest BCUT2D eigenvalue weighted by Crippen LogP contribution is 2.17. The molecular weight excluding hydrogens is 338 g/mol. The van der Waals surface area contributed by atoms with Gasteiger partial charge in [-0.15, -0.1) is 0 Å². The molecule has 27 heavy (non-hydrogen) atoms. The summed E-state index contributed by atoms with van der Waals surface area (Å²) in [6.07, 6.45) is 0. The van der Waals surface area contributed by atoms with E-state index in [1.54, 1.807) is 67.5 Å². The highest BCUT2D eigenvalue weighted by molar-refractivity contribution is 6.08. The number of hydrogen-bond acceptors (Lipinski definition) is 3. The number of nitrogens with zero attached hydrogens (tertiary/aromatic N) is 1. The predicted molar refractivity (Wildman–Crippen MR) is 105 cm³/mol. The number of carbonyl (C=O) groups excluding carboxylic acids is 2. The smallest absolute Gasteiger partial charge is 0.253 e. The van der Waals surface area contributed by atoms with E-state index in [0.29, 0.717) is 29.0 Å². The lowest BCUT2D eigenvalue weighted by molar-refractivity contribution is 0.0827. The largest absolute Gasteiger partial charge is 0.489 e. The molecule has 0 N–H and O–H groups in total. The number of ether oxygens (including phenoxy) is 1. The second-order valence-electron chi connectivity index (χ2n) is 6.40. The topological polar surface area (TPSA) is 46.6 Å². The van der Waals surface area contributed by atoms with Crippen molar-refractivity contribution >= 4 is 11.7 Å². The summed E-state index contributed by atoms with van der Waals surface area (Å²) < 4.78 is 5.77. The normalized spacial score (nSPS) is 10.3. The van der Waals surface area contributed by atoms with Crippen LogP contribution in [0, 0.1) is 0 Å². The monoisotopic (exact) mass is 359 g/mol. The number of hydrogen-bond donors (Lipinski definition) is 0. The third-order valence-corrected chi connectivity index (χ3v) is 4.17. The second kappa shape index (κ2) is 8.32. The van der Waals surface area contributed by atoms with Crippen LogP contribution < -0.4 is 4.74 Å². The minimum atomic E-state index is -0.0267. The minimum absolute atomic E-state index is 0.0108. The summed E-state index contributed by atoms with van der Waals surface area (Å²) in [6, 6.07) is 23.7. The Hall–Kier alpha value is -3.40. The summed E-state index contributed by atoms with van der Waals surface area (Å²) >= 11 is 0. The van der Waals surface area contributed by atoms with Crippen molar-refractivity contribution in [1.29, 1.82) is 0 Å². The Kier molecular flexibility index (Phi) is 5.67. The summed E-state index contributed by atoms with van der Waals surface area (Å²) in [5, 5.41) is 0. The van der Waals surface area contributed by atoms with Crippen LogP contribution in [0.15, 0.2) is 78.9 Å². The van der Waals surface area contributed by atoms with Gasteiger partial charge in [0.25, 0.3) is 5.91 Å². The summed E-state index contributed by atoms with van der Waals surface area (Å²) in [6.45, 7) is 0.391. The first-order chi connectivity index (χ1) is 13.0. The fraction of sp³-hybridized carbons (Fsp3) is 0.130. The Labute approximate surface area is 159 Å². The molecule has 0 saturated heterocycles. The lowest BCUT2D eigenvalue weighted by Crippen LogP contribution is -2.21. The molecule has 4 nitrogen and oxygen atoms in total. The molecule has 0 aliphatic carbocycles. The molecule has 0 heterocycles. The van der Waals surface area contributed by atoms with Gasteiger partial charge in [-0.3, -0.25) is 9.59 Å². The van der Waals surface area contributed by atoms with Gasteiger partial charge in [0.1, 0.15) is 12.4 Å². The lowest BCUT2D eigenvalue weighted by atomic mass is 10.0. The first-order valence-corrected chi connectivity index (χ1v) is 8.68. The van der Waals surface area contributed by atoms with Crippen molar-refractivity contribution in [1.82, 2.24) is 4.90 Å². The van der Waals surface area contributed by atoms with Crippen LogP contribution in [-0.2, 0) is 6.61 Å². The zero-order valence-electron chi connectivity index (χ0n) is 15.4. The molecule has 0 saturated carbocycles. The zero-order chi connectivity index (χ0) is 19.2. The molecule has 0 spiro atoms. The first-order valence-electron chi connectivity index (χ1n) is 8.68. The SMILES string of the molecule is CN(C)C(=O)c1ccc(COc2ccc(C(=O)c3ccccc3)cc2)cc1. The Balaban J connectivity index is 1.60. The van der Waals surface area contributed by atoms with Crippen molar-refractivity contribution in [2.24, 2.45) is 0 Å². The molecule has 0 radical (unpaired) electrons. The molecule has 4 heteroatoms. The Morgan fingerprint density at radius 1 is 0.741 bits per heavy atom. The molecule has 1 amide bonds. The van der Waals surface area contributed by atoms with E-state index in [-0.39, 0.29) is 11.7 Å². The quantitative estimate of drug-likeness (QED) is 0.620. The summed E-state index contributed by atoms with van der Waals surface area (Å²) in [5.41, 5.74) is 2.90. The van der Waals surface area contributed by atoms with Gasteiger partial charge in [0.2, 0.25) is 0 Å². The zero-order valence-corrected chi connectivity index (χ0v) is 15.4. The average Bonchev–Trinajstić information content (AvgIpc) is 2.72. The van der Waals surface area contributed by atoms with Crippen LogP contribution in [0.25, 0.3) is 0 Å². The van der Waals surface area contributed by atoms with Crippen LogP contribution in [-0.4, -0.2) is 30.7 Å². The number of ketones is 1. The van der Waals surface area contributed by atoms with Crippen molar-refractivity contribution < 1.29 is 14.3 Å². The van der Waals surface area contributed by atoms with Crippen LogP contribution >= 0.6 is 0 Å². The summed E-state index contributed by atoms with van der Waals surface area (Å²) in [5.74, 6) is 0.650. The maximum absolute atomic E-state index is 12.4. The van der Waals surface area contributed by atoms with Crippen molar-refractivity contribution in [3.63, 3.8) is 0 Å².